The average molecular weight is 467 g/mol. The van der Waals surface area contributed by atoms with Crippen LogP contribution in [0.1, 0.15) is 66.7 Å². The zero-order chi connectivity index (χ0) is 24.6. The molecule has 180 valence electrons. The zero-order valence-corrected chi connectivity index (χ0v) is 19.7. The van der Waals surface area contributed by atoms with E-state index in [4.69, 9.17) is 5.41 Å². The Morgan fingerprint density at radius 3 is 2.68 bits per heavy atom. The van der Waals surface area contributed by atoms with E-state index in [2.05, 4.69) is 10.6 Å². The quantitative estimate of drug-likeness (QED) is 0.524. The van der Waals surface area contributed by atoms with E-state index >= 15 is 0 Å². The van der Waals surface area contributed by atoms with Gasteiger partial charge >= 0.3 is 0 Å². The van der Waals surface area contributed by atoms with Gasteiger partial charge in [-0.3, -0.25) is 19.9 Å². The first-order valence-corrected chi connectivity index (χ1v) is 11.7. The first-order valence-electron chi connectivity index (χ1n) is 11.7. The lowest BCUT2D eigenvalue weighted by atomic mass is 9.78. The molecule has 1 aliphatic heterocycles. The summed E-state index contributed by atoms with van der Waals surface area (Å²) in [4.78, 5) is 27.4. The number of carbonyl (C=O) groups excluding carboxylic acids is 2. The highest BCUT2D eigenvalue weighted by molar-refractivity contribution is 6.00. The number of amides is 2. The molecule has 2 aromatic carbocycles. The number of aliphatic hydroxyl groups is 1. The fourth-order valence-corrected chi connectivity index (χ4v) is 5.22. The topological polar surface area (TPSA) is 106 Å². The Balaban J connectivity index is 1.53. The third-order valence-electron chi connectivity index (χ3n) is 7.42. The Labute approximate surface area is 198 Å². The maximum absolute atomic E-state index is 14.5. The zero-order valence-electron chi connectivity index (χ0n) is 19.7. The molecule has 1 fully saturated rings. The van der Waals surface area contributed by atoms with Crippen LogP contribution in [0.2, 0.25) is 0 Å². The smallest absolute Gasteiger partial charge is 0.251 e. The number of rotatable bonds is 6. The van der Waals surface area contributed by atoms with Crippen LogP contribution >= 0.6 is 0 Å². The minimum Gasteiger partial charge on any atom is -0.390 e. The fourth-order valence-electron chi connectivity index (χ4n) is 5.22. The summed E-state index contributed by atoms with van der Waals surface area (Å²) in [6.07, 6.45) is 1.09. The van der Waals surface area contributed by atoms with Gasteiger partial charge < -0.3 is 15.7 Å². The highest BCUT2D eigenvalue weighted by atomic mass is 19.1. The molecule has 7 nitrogen and oxygen atoms in total. The number of aliphatic hydroxyl groups excluding tert-OH is 1. The van der Waals surface area contributed by atoms with Crippen molar-refractivity contribution >= 4 is 17.8 Å². The number of guanidine groups is 1. The highest BCUT2D eigenvalue weighted by Gasteiger charge is 2.45. The molecule has 4 N–H and O–H groups in total. The van der Waals surface area contributed by atoms with Crippen LogP contribution in [0.3, 0.4) is 0 Å². The average Bonchev–Trinajstić information content (AvgIpc) is 3.13. The Hall–Kier alpha value is -3.26. The van der Waals surface area contributed by atoms with E-state index in [9.17, 15) is 19.1 Å². The number of hydrogen-bond donors (Lipinski definition) is 4. The van der Waals surface area contributed by atoms with Crippen molar-refractivity contribution in [2.75, 3.05) is 0 Å². The molecule has 2 amide bonds. The molecular weight excluding hydrogens is 435 g/mol. The summed E-state index contributed by atoms with van der Waals surface area (Å²) >= 11 is 0. The third kappa shape index (κ3) is 4.18. The number of nitrogens with zero attached hydrogens (tertiary/aromatic N) is 1. The van der Waals surface area contributed by atoms with Gasteiger partial charge in [0.05, 0.1) is 30.1 Å². The number of halogens is 1. The van der Waals surface area contributed by atoms with Gasteiger partial charge in [0, 0.05) is 12.0 Å². The first-order chi connectivity index (χ1) is 16.2. The second-order valence-corrected chi connectivity index (χ2v) is 9.25. The molecule has 2 aromatic rings. The lowest BCUT2D eigenvalue weighted by Crippen LogP contribution is -2.66. The largest absolute Gasteiger partial charge is 0.390 e. The Kier molecular flexibility index (Phi) is 6.45. The SMILES string of the molecule is CCC1(CC)NC(=N)N(Cc2cc(F)cc(C(=O)N[C@@H]3c4ccccc4C[C@H]3O)c2)C(=O)C1C. The molecule has 0 aromatic heterocycles. The van der Waals surface area contributed by atoms with Gasteiger partial charge in [-0.1, -0.05) is 45.0 Å². The number of nitrogens with one attached hydrogen (secondary N) is 3. The van der Waals surface area contributed by atoms with E-state index in [1.54, 1.807) is 0 Å². The maximum Gasteiger partial charge on any atom is 0.251 e. The molecule has 0 radical (unpaired) electrons. The van der Waals surface area contributed by atoms with Gasteiger partial charge in [-0.05, 0) is 47.7 Å². The van der Waals surface area contributed by atoms with Crippen LogP contribution in [-0.2, 0) is 17.8 Å². The van der Waals surface area contributed by atoms with Crippen LogP contribution < -0.4 is 10.6 Å². The van der Waals surface area contributed by atoms with Crippen molar-refractivity contribution in [2.24, 2.45) is 5.92 Å². The molecule has 1 heterocycles. The van der Waals surface area contributed by atoms with Crippen molar-refractivity contribution in [3.05, 3.63) is 70.5 Å². The minimum atomic E-state index is -0.759. The van der Waals surface area contributed by atoms with Gasteiger partial charge in [0.25, 0.3) is 5.91 Å². The monoisotopic (exact) mass is 466 g/mol. The van der Waals surface area contributed by atoms with Gasteiger partial charge in [0.15, 0.2) is 5.96 Å². The van der Waals surface area contributed by atoms with E-state index in [0.717, 1.165) is 17.2 Å². The summed E-state index contributed by atoms with van der Waals surface area (Å²) < 4.78 is 14.5. The summed E-state index contributed by atoms with van der Waals surface area (Å²) in [6.45, 7) is 5.79. The summed E-state index contributed by atoms with van der Waals surface area (Å²) in [5.74, 6) is -1.69. The summed E-state index contributed by atoms with van der Waals surface area (Å²) in [5.41, 5.74) is 1.85. The highest BCUT2D eigenvalue weighted by Crippen LogP contribution is 2.33. The van der Waals surface area contributed by atoms with Crippen LogP contribution in [0.25, 0.3) is 0 Å². The Bertz CT molecular complexity index is 1130. The molecule has 8 heteroatoms. The first kappa shape index (κ1) is 23.9. The third-order valence-corrected chi connectivity index (χ3v) is 7.42. The second-order valence-electron chi connectivity index (χ2n) is 9.25. The van der Waals surface area contributed by atoms with E-state index in [0.29, 0.717) is 24.8 Å². The van der Waals surface area contributed by atoms with Crippen LogP contribution in [0.15, 0.2) is 42.5 Å². The summed E-state index contributed by atoms with van der Waals surface area (Å²) in [6, 6.07) is 10.9. The molecule has 0 spiro atoms. The van der Waals surface area contributed by atoms with E-state index < -0.39 is 29.4 Å². The number of hydrogen-bond acceptors (Lipinski definition) is 4. The van der Waals surface area contributed by atoms with Crippen molar-refractivity contribution < 1.29 is 19.1 Å². The number of carbonyl (C=O) groups is 2. The standard InChI is InChI=1S/C26H31FN4O3/c1-4-26(5-2)15(3)24(34)31(25(28)30-26)14-16-10-18(12-19(27)11-16)23(33)29-22-20-9-7-6-8-17(20)13-21(22)32/h6-12,15,21-22,32H,4-5,13-14H2,1-3H3,(H2,28,30)(H,29,33)/t15?,21-,22-/m1/s1. The van der Waals surface area contributed by atoms with Crippen molar-refractivity contribution in [1.82, 2.24) is 15.5 Å². The Morgan fingerprint density at radius 1 is 1.26 bits per heavy atom. The van der Waals surface area contributed by atoms with E-state index in [1.165, 1.54) is 17.0 Å². The van der Waals surface area contributed by atoms with Gasteiger partial charge in [-0.25, -0.2) is 4.39 Å². The molecular formula is C26H31FN4O3. The molecule has 1 aliphatic carbocycles. The number of fused-ring (bicyclic) bond motifs is 1. The molecule has 1 unspecified atom stereocenters. The van der Waals surface area contributed by atoms with Gasteiger partial charge in [-0.15, -0.1) is 0 Å². The molecule has 2 aliphatic rings. The fraction of sp³-hybridized carbons (Fsp3) is 0.423. The lowest BCUT2D eigenvalue weighted by molar-refractivity contribution is -0.136. The van der Waals surface area contributed by atoms with Crippen molar-refractivity contribution in [2.45, 2.75) is 64.3 Å². The molecule has 0 bridgehead atoms. The van der Waals surface area contributed by atoms with E-state index in [-0.39, 0.29) is 29.9 Å². The molecule has 0 saturated carbocycles. The number of benzene rings is 2. The van der Waals surface area contributed by atoms with Gasteiger partial charge in [0.2, 0.25) is 5.91 Å². The Morgan fingerprint density at radius 2 is 1.97 bits per heavy atom. The van der Waals surface area contributed by atoms with Crippen LogP contribution in [0, 0.1) is 17.1 Å². The summed E-state index contributed by atoms with van der Waals surface area (Å²) in [7, 11) is 0. The maximum atomic E-state index is 14.5. The van der Waals surface area contributed by atoms with Crippen molar-refractivity contribution in [3.63, 3.8) is 0 Å². The van der Waals surface area contributed by atoms with Crippen LogP contribution in [0.5, 0.6) is 0 Å². The molecule has 4 rings (SSSR count). The van der Waals surface area contributed by atoms with Crippen LogP contribution in [-0.4, -0.2) is 39.4 Å². The van der Waals surface area contributed by atoms with Crippen molar-refractivity contribution in [1.29, 1.82) is 5.41 Å². The van der Waals surface area contributed by atoms with Gasteiger partial charge in [0.1, 0.15) is 5.82 Å². The lowest BCUT2D eigenvalue weighted by Gasteiger charge is -2.46. The minimum absolute atomic E-state index is 0.0206. The van der Waals surface area contributed by atoms with E-state index in [1.807, 2.05) is 45.0 Å². The molecule has 34 heavy (non-hydrogen) atoms. The van der Waals surface area contributed by atoms with Crippen LogP contribution in [0.4, 0.5) is 4.39 Å². The predicted molar refractivity (Wildman–Crippen MR) is 127 cm³/mol. The van der Waals surface area contributed by atoms with Crippen molar-refractivity contribution in [3.8, 4) is 0 Å². The predicted octanol–water partition coefficient (Wildman–Crippen LogP) is 3.28. The molecule has 3 atom stereocenters. The normalized spacial score (nSPS) is 23.4. The molecule has 1 saturated heterocycles. The summed E-state index contributed by atoms with van der Waals surface area (Å²) in [5, 5.41) is 24.8. The van der Waals surface area contributed by atoms with Gasteiger partial charge in [-0.2, -0.15) is 0 Å². The second kappa shape index (κ2) is 9.18.